The van der Waals surface area contributed by atoms with Gasteiger partial charge in [0.25, 0.3) is 0 Å². The number of carboxylic acids is 1. The Morgan fingerprint density at radius 1 is 1.03 bits per heavy atom. The largest absolute Gasteiger partial charge is 0.478 e. The molecule has 0 radical (unpaired) electrons. The Labute approximate surface area is 181 Å². The lowest BCUT2D eigenvalue weighted by Gasteiger charge is -2.12. The predicted molar refractivity (Wildman–Crippen MR) is 122 cm³/mol. The molecule has 1 aromatic heterocycles. The fourth-order valence-corrected chi connectivity index (χ4v) is 3.95. The Balaban J connectivity index is 1.71. The topological polar surface area (TPSA) is 72.2 Å². The first kappa shape index (κ1) is 20.5. The summed E-state index contributed by atoms with van der Waals surface area (Å²) >= 11 is 0. The van der Waals surface area contributed by atoms with Crippen molar-refractivity contribution in [2.24, 2.45) is 0 Å². The van der Waals surface area contributed by atoms with Gasteiger partial charge in [-0.05, 0) is 41.3 Å². The van der Waals surface area contributed by atoms with E-state index in [-0.39, 0.29) is 5.56 Å². The van der Waals surface area contributed by atoms with Gasteiger partial charge in [0, 0.05) is 18.5 Å². The summed E-state index contributed by atoms with van der Waals surface area (Å²) in [5, 5.41) is 9.47. The van der Waals surface area contributed by atoms with Crippen LogP contribution in [0, 0.1) is 0 Å². The van der Waals surface area contributed by atoms with Crippen molar-refractivity contribution in [2.75, 3.05) is 0 Å². The molecule has 0 spiro atoms. The maximum absolute atomic E-state index is 11.6. The van der Waals surface area contributed by atoms with E-state index in [1.807, 2.05) is 54.6 Å². The van der Waals surface area contributed by atoms with Gasteiger partial charge in [0.1, 0.15) is 5.82 Å². The normalized spacial score (nSPS) is 11.0. The number of aromatic nitrogens is 2. The highest BCUT2D eigenvalue weighted by molar-refractivity contribution is 5.96. The van der Waals surface area contributed by atoms with Crippen molar-refractivity contribution in [3.05, 3.63) is 89.2 Å². The fraction of sp³-hybridized carbons (Fsp3) is 0.192. The van der Waals surface area contributed by atoms with Gasteiger partial charge in [-0.15, -0.1) is 0 Å². The van der Waals surface area contributed by atoms with E-state index in [1.165, 1.54) is 0 Å². The van der Waals surface area contributed by atoms with Crippen molar-refractivity contribution < 1.29 is 14.7 Å². The maximum atomic E-state index is 11.6. The van der Waals surface area contributed by atoms with Crippen molar-refractivity contribution in [3.8, 4) is 11.1 Å². The maximum Gasteiger partial charge on any atom is 0.336 e. The van der Waals surface area contributed by atoms with Crippen LogP contribution in [0.4, 0.5) is 0 Å². The van der Waals surface area contributed by atoms with Gasteiger partial charge in [-0.3, -0.25) is 4.79 Å². The van der Waals surface area contributed by atoms with Gasteiger partial charge in [-0.1, -0.05) is 61.9 Å². The number of fused-ring (bicyclic) bond motifs is 1. The molecule has 0 aliphatic rings. The summed E-state index contributed by atoms with van der Waals surface area (Å²) in [6.07, 6.45) is 3.84. The molecular formula is C26H24N2O3. The molecular weight excluding hydrogens is 388 g/mol. The first-order chi connectivity index (χ1) is 15.1. The van der Waals surface area contributed by atoms with Gasteiger partial charge in [-0.25, -0.2) is 9.78 Å². The number of aryl methyl sites for hydroxylation is 1. The molecule has 0 saturated heterocycles. The molecule has 0 saturated carbocycles. The lowest BCUT2D eigenvalue weighted by molar-refractivity contribution is 0.0697. The molecule has 1 heterocycles. The number of carboxylic acid groups (broad SMARTS) is 1. The fourth-order valence-electron chi connectivity index (χ4n) is 3.95. The van der Waals surface area contributed by atoms with E-state index in [0.29, 0.717) is 17.7 Å². The molecule has 3 aromatic carbocycles. The number of rotatable bonds is 8. The van der Waals surface area contributed by atoms with Gasteiger partial charge in [0.15, 0.2) is 6.29 Å². The minimum atomic E-state index is -0.938. The number of carbonyl (C=O) groups is 2. The number of unbranched alkanes of at least 4 members (excludes halogenated alkanes) is 1. The lowest BCUT2D eigenvalue weighted by atomic mass is 9.98. The molecule has 0 atom stereocenters. The number of aromatic carboxylic acids is 1. The van der Waals surface area contributed by atoms with E-state index in [0.717, 1.165) is 53.5 Å². The highest BCUT2D eigenvalue weighted by Crippen LogP contribution is 2.26. The van der Waals surface area contributed by atoms with Crippen LogP contribution < -0.4 is 0 Å². The zero-order valence-electron chi connectivity index (χ0n) is 17.4. The van der Waals surface area contributed by atoms with Crippen molar-refractivity contribution in [1.29, 1.82) is 0 Å². The highest BCUT2D eigenvalue weighted by atomic mass is 16.4. The summed E-state index contributed by atoms with van der Waals surface area (Å²) in [6.45, 7) is 2.75. The molecule has 5 heteroatoms. The second-order valence-electron chi connectivity index (χ2n) is 7.60. The molecule has 5 nitrogen and oxygen atoms in total. The average Bonchev–Trinajstić information content (AvgIpc) is 3.15. The van der Waals surface area contributed by atoms with Crippen LogP contribution >= 0.6 is 0 Å². The second kappa shape index (κ2) is 8.96. The van der Waals surface area contributed by atoms with Crippen LogP contribution in [-0.2, 0) is 13.0 Å². The third-order valence-electron chi connectivity index (χ3n) is 5.52. The SMILES string of the molecule is CCCCc1nc2cccc(C=O)c2n1Cc1ccc(-c2ccccc2C(=O)O)cc1. The van der Waals surface area contributed by atoms with Crippen molar-refractivity contribution in [2.45, 2.75) is 32.7 Å². The summed E-state index contributed by atoms with van der Waals surface area (Å²) in [4.78, 5) is 28.0. The lowest BCUT2D eigenvalue weighted by Crippen LogP contribution is -2.06. The average molecular weight is 412 g/mol. The van der Waals surface area contributed by atoms with Gasteiger partial charge in [0.2, 0.25) is 0 Å². The standard InChI is InChI=1S/C26H24N2O3/c1-2-3-11-24-27-23-10-6-7-20(17-29)25(23)28(24)16-18-12-14-19(15-13-18)21-8-4-5-9-22(21)26(30)31/h4-10,12-15,17H,2-3,11,16H2,1H3,(H,30,31). The molecule has 1 N–H and O–H groups in total. The predicted octanol–water partition coefficient (Wildman–Crippen LogP) is 5.60. The van der Waals surface area contributed by atoms with Crippen LogP contribution in [0.15, 0.2) is 66.7 Å². The van der Waals surface area contributed by atoms with Crippen LogP contribution in [0.25, 0.3) is 22.2 Å². The smallest absolute Gasteiger partial charge is 0.336 e. The molecule has 0 fully saturated rings. The Morgan fingerprint density at radius 2 is 1.81 bits per heavy atom. The number of imidazole rings is 1. The van der Waals surface area contributed by atoms with Crippen LogP contribution in [-0.4, -0.2) is 26.9 Å². The Bertz CT molecular complexity index is 1240. The van der Waals surface area contributed by atoms with E-state index in [1.54, 1.807) is 12.1 Å². The molecule has 0 unspecified atom stereocenters. The minimum Gasteiger partial charge on any atom is -0.478 e. The van der Waals surface area contributed by atoms with Crippen molar-refractivity contribution in [3.63, 3.8) is 0 Å². The Hall–Kier alpha value is -3.73. The third kappa shape index (κ3) is 4.12. The molecule has 31 heavy (non-hydrogen) atoms. The highest BCUT2D eigenvalue weighted by Gasteiger charge is 2.15. The first-order valence-corrected chi connectivity index (χ1v) is 10.5. The molecule has 0 bridgehead atoms. The number of benzene rings is 3. The van der Waals surface area contributed by atoms with E-state index < -0.39 is 5.97 Å². The molecule has 156 valence electrons. The third-order valence-corrected chi connectivity index (χ3v) is 5.52. The van der Waals surface area contributed by atoms with Crippen molar-refractivity contribution in [1.82, 2.24) is 9.55 Å². The van der Waals surface area contributed by atoms with Crippen LogP contribution in [0.1, 0.15) is 51.9 Å². The molecule has 0 aliphatic carbocycles. The van der Waals surface area contributed by atoms with E-state index in [2.05, 4.69) is 11.5 Å². The number of aldehydes is 1. The Morgan fingerprint density at radius 3 is 2.52 bits per heavy atom. The molecule has 4 aromatic rings. The Kier molecular flexibility index (Phi) is 5.94. The molecule has 4 rings (SSSR count). The molecule has 0 amide bonds. The van der Waals surface area contributed by atoms with Crippen LogP contribution in [0.2, 0.25) is 0 Å². The van der Waals surface area contributed by atoms with Gasteiger partial charge in [0.05, 0.1) is 16.6 Å². The zero-order chi connectivity index (χ0) is 21.8. The number of hydrogen-bond acceptors (Lipinski definition) is 3. The molecule has 0 aliphatic heterocycles. The van der Waals surface area contributed by atoms with Gasteiger partial charge < -0.3 is 9.67 Å². The summed E-state index contributed by atoms with van der Waals surface area (Å²) in [5.41, 5.74) is 5.24. The van der Waals surface area contributed by atoms with Gasteiger partial charge in [-0.2, -0.15) is 0 Å². The summed E-state index contributed by atoms with van der Waals surface area (Å²) < 4.78 is 2.13. The van der Waals surface area contributed by atoms with Gasteiger partial charge >= 0.3 is 5.97 Å². The number of para-hydroxylation sites is 1. The van der Waals surface area contributed by atoms with Crippen LogP contribution in [0.3, 0.4) is 0 Å². The number of carbonyl (C=O) groups excluding carboxylic acids is 1. The van der Waals surface area contributed by atoms with E-state index in [9.17, 15) is 14.7 Å². The summed E-state index contributed by atoms with van der Waals surface area (Å²) in [7, 11) is 0. The summed E-state index contributed by atoms with van der Waals surface area (Å²) in [5.74, 6) is 0.0398. The first-order valence-electron chi connectivity index (χ1n) is 10.5. The summed E-state index contributed by atoms with van der Waals surface area (Å²) in [6, 6.07) is 20.5. The zero-order valence-corrected chi connectivity index (χ0v) is 17.4. The van der Waals surface area contributed by atoms with Crippen LogP contribution in [0.5, 0.6) is 0 Å². The van der Waals surface area contributed by atoms with E-state index >= 15 is 0 Å². The minimum absolute atomic E-state index is 0.285. The quantitative estimate of drug-likeness (QED) is 0.382. The van der Waals surface area contributed by atoms with Crippen molar-refractivity contribution >= 4 is 23.3 Å². The second-order valence-corrected chi connectivity index (χ2v) is 7.60. The number of nitrogens with zero attached hydrogens (tertiary/aromatic N) is 2. The number of hydrogen-bond donors (Lipinski definition) is 1. The monoisotopic (exact) mass is 412 g/mol. The van der Waals surface area contributed by atoms with E-state index in [4.69, 9.17) is 4.98 Å².